The molecule has 0 spiro atoms. The van der Waals surface area contributed by atoms with E-state index in [0.29, 0.717) is 6.61 Å². The van der Waals surface area contributed by atoms with Crippen molar-refractivity contribution >= 4 is 0 Å². The van der Waals surface area contributed by atoms with Gasteiger partial charge in [0.15, 0.2) is 0 Å². The third kappa shape index (κ3) is 4.21. The smallest absolute Gasteiger partial charge is 0.119 e. The molecule has 3 heteroatoms. The van der Waals surface area contributed by atoms with Gasteiger partial charge in [-0.05, 0) is 24.1 Å². The van der Waals surface area contributed by atoms with Gasteiger partial charge in [-0.15, -0.1) is 0 Å². The van der Waals surface area contributed by atoms with Crippen LogP contribution in [-0.4, -0.2) is 20.3 Å². The van der Waals surface area contributed by atoms with Crippen LogP contribution in [0.4, 0.5) is 0 Å². The van der Waals surface area contributed by atoms with Gasteiger partial charge in [0.2, 0.25) is 0 Å². The summed E-state index contributed by atoms with van der Waals surface area (Å²) in [4.78, 5) is 0. The Morgan fingerprint density at radius 2 is 2.12 bits per heavy atom. The second-order valence-electron chi connectivity index (χ2n) is 3.78. The zero-order valence-corrected chi connectivity index (χ0v) is 10.1. The van der Waals surface area contributed by atoms with E-state index in [1.54, 1.807) is 7.11 Å². The van der Waals surface area contributed by atoms with Crippen LogP contribution in [0.25, 0.3) is 0 Å². The van der Waals surface area contributed by atoms with E-state index in [0.717, 1.165) is 30.8 Å². The Morgan fingerprint density at radius 1 is 1.31 bits per heavy atom. The Hall–Kier alpha value is -1.06. The fourth-order valence-electron chi connectivity index (χ4n) is 1.46. The third-order valence-corrected chi connectivity index (χ3v) is 2.49. The molecule has 0 bridgehead atoms. The van der Waals surface area contributed by atoms with Crippen LogP contribution in [0.5, 0.6) is 5.75 Å². The van der Waals surface area contributed by atoms with Gasteiger partial charge in [0, 0.05) is 26.2 Å². The Labute approximate surface area is 97.6 Å². The van der Waals surface area contributed by atoms with Gasteiger partial charge in [0.25, 0.3) is 0 Å². The molecular formula is C13H21NO2. The summed E-state index contributed by atoms with van der Waals surface area (Å²) in [5, 5.41) is 0. The van der Waals surface area contributed by atoms with E-state index in [4.69, 9.17) is 15.2 Å². The van der Waals surface area contributed by atoms with Crippen molar-refractivity contribution in [1.82, 2.24) is 0 Å². The van der Waals surface area contributed by atoms with Crippen LogP contribution in [0.15, 0.2) is 24.3 Å². The minimum absolute atomic E-state index is 0.0996. The van der Waals surface area contributed by atoms with E-state index in [2.05, 4.69) is 6.92 Å². The van der Waals surface area contributed by atoms with Crippen LogP contribution in [-0.2, 0) is 4.74 Å². The van der Waals surface area contributed by atoms with Gasteiger partial charge in [-0.2, -0.15) is 0 Å². The first-order valence-corrected chi connectivity index (χ1v) is 5.75. The molecule has 1 atom stereocenters. The minimum atomic E-state index is 0.0996. The van der Waals surface area contributed by atoms with Gasteiger partial charge in [-0.25, -0.2) is 0 Å². The van der Waals surface area contributed by atoms with E-state index in [9.17, 15) is 0 Å². The SMILES string of the molecule is CCC(N)c1cccc(OCCCOC)c1. The number of rotatable bonds is 7. The zero-order chi connectivity index (χ0) is 11.8. The molecule has 16 heavy (non-hydrogen) atoms. The maximum absolute atomic E-state index is 5.96. The topological polar surface area (TPSA) is 44.5 Å². The van der Waals surface area contributed by atoms with Crippen molar-refractivity contribution in [2.24, 2.45) is 5.73 Å². The summed E-state index contributed by atoms with van der Waals surface area (Å²) in [6, 6.07) is 8.09. The van der Waals surface area contributed by atoms with Gasteiger partial charge in [-0.3, -0.25) is 0 Å². The predicted octanol–water partition coefficient (Wildman–Crippen LogP) is 2.51. The molecule has 2 N–H and O–H groups in total. The van der Waals surface area contributed by atoms with Crippen molar-refractivity contribution in [2.45, 2.75) is 25.8 Å². The number of benzene rings is 1. The van der Waals surface area contributed by atoms with Gasteiger partial charge in [0.1, 0.15) is 5.75 Å². The molecule has 0 fully saturated rings. The average Bonchev–Trinajstić information content (AvgIpc) is 2.34. The van der Waals surface area contributed by atoms with Crippen molar-refractivity contribution < 1.29 is 9.47 Å². The highest BCUT2D eigenvalue weighted by Gasteiger charge is 2.03. The zero-order valence-electron chi connectivity index (χ0n) is 10.1. The Kier molecular flexibility index (Phi) is 5.90. The molecule has 1 aromatic carbocycles. The lowest BCUT2D eigenvalue weighted by Gasteiger charge is -2.11. The van der Waals surface area contributed by atoms with E-state index < -0.39 is 0 Å². The lowest BCUT2D eigenvalue weighted by molar-refractivity contribution is 0.172. The second kappa shape index (κ2) is 7.25. The highest BCUT2D eigenvalue weighted by atomic mass is 16.5. The lowest BCUT2D eigenvalue weighted by atomic mass is 10.1. The van der Waals surface area contributed by atoms with E-state index in [-0.39, 0.29) is 6.04 Å². The van der Waals surface area contributed by atoms with Crippen LogP contribution < -0.4 is 10.5 Å². The predicted molar refractivity (Wildman–Crippen MR) is 65.6 cm³/mol. The molecule has 0 aliphatic heterocycles. The second-order valence-corrected chi connectivity index (χ2v) is 3.78. The summed E-state index contributed by atoms with van der Waals surface area (Å²) in [7, 11) is 1.70. The highest BCUT2D eigenvalue weighted by Crippen LogP contribution is 2.19. The van der Waals surface area contributed by atoms with Crippen molar-refractivity contribution in [2.75, 3.05) is 20.3 Å². The molecular weight excluding hydrogens is 202 g/mol. The quantitative estimate of drug-likeness (QED) is 0.722. The number of methoxy groups -OCH3 is 1. The molecule has 0 amide bonds. The summed E-state index contributed by atoms with van der Waals surface area (Å²) in [5.74, 6) is 0.887. The Balaban J connectivity index is 2.47. The number of nitrogens with two attached hydrogens (primary N) is 1. The third-order valence-electron chi connectivity index (χ3n) is 2.49. The normalized spacial score (nSPS) is 12.4. The van der Waals surface area contributed by atoms with Gasteiger partial charge >= 0.3 is 0 Å². The molecule has 0 aliphatic rings. The van der Waals surface area contributed by atoms with Crippen molar-refractivity contribution in [1.29, 1.82) is 0 Å². The summed E-state index contributed by atoms with van der Waals surface area (Å²) in [5.41, 5.74) is 7.10. The minimum Gasteiger partial charge on any atom is -0.493 e. The maximum atomic E-state index is 5.96. The Morgan fingerprint density at radius 3 is 2.81 bits per heavy atom. The van der Waals surface area contributed by atoms with Crippen LogP contribution in [0.3, 0.4) is 0 Å². The molecule has 0 aliphatic carbocycles. The van der Waals surface area contributed by atoms with Gasteiger partial charge in [0.05, 0.1) is 6.61 Å². The van der Waals surface area contributed by atoms with Crippen molar-refractivity contribution in [3.63, 3.8) is 0 Å². The number of ether oxygens (including phenoxy) is 2. The molecule has 0 saturated carbocycles. The molecule has 1 aromatic rings. The van der Waals surface area contributed by atoms with Crippen molar-refractivity contribution in [3.8, 4) is 5.75 Å². The van der Waals surface area contributed by atoms with Crippen LogP contribution in [0.1, 0.15) is 31.4 Å². The molecule has 1 unspecified atom stereocenters. The Bertz CT molecular complexity index is 302. The lowest BCUT2D eigenvalue weighted by Crippen LogP contribution is -2.09. The van der Waals surface area contributed by atoms with Gasteiger partial charge < -0.3 is 15.2 Å². The summed E-state index contributed by atoms with van der Waals surface area (Å²) >= 11 is 0. The molecule has 0 heterocycles. The average molecular weight is 223 g/mol. The first-order valence-electron chi connectivity index (χ1n) is 5.75. The molecule has 0 saturated heterocycles. The fourth-order valence-corrected chi connectivity index (χ4v) is 1.46. The van der Waals surface area contributed by atoms with Crippen molar-refractivity contribution in [3.05, 3.63) is 29.8 Å². The largest absolute Gasteiger partial charge is 0.493 e. The van der Waals surface area contributed by atoms with E-state index >= 15 is 0 Å². The number of hydrogen-bond donors (Lipinski definition) is 1. The van der Waals surface area contributed by atoms with E-state index in [1.807, 2.05) is 24.3 Å². The first kappa shape index (κ1) is 13.0. The van der Waals surface area contributed by atoms with Gasteiger partial charge in [-0.1, -0.05) is 19.1 Å². The monoisotopic (exact) mass is 223 g/mol. The summed E-state index contributed by atoms with van der Waals surface area (Å²) < 4.78 is 10.6. The fraction of sp³-hybridized carbons (Fsp3) is 0.538. The van der Waals surface area contributed by atoms with E-state index in [1.165, 1.54) is 0 Å². The molecule has 90 valence electrons. The maximum Gasteiger partial charge on any atom is 0.119 e. The number of hydrogen-bond acceptors (Lipinski definition) is 3. The summed E-state index contributed by atoms with van der Waals surface area (Å²) in [6.07, 6.45) is 1.84. The first-order chi connectivity index (χ1) is 7.77. The molecule has 0 radical (unpaired) electrons. The summed E-state index contributed by atoms with van der Waals surface area (Å²) in [6.45, 7) is 3.49. The molecule has 3 nitrogen and oxygen atoms in total. The van der Waals surface area contributed by atoms with Crippen LogP contribution in [0.2, 0.25) is 0 Å². The highest BCUT2D eigenvalue weighted by molar-refractivity contribution is 5.30. The van der Waals surface area contributed by atoms with Crippen LogP contribution >= 0.6 is 0 Å². The molecule has 1 rings (SSSR count). The van der Waals surface area contributed by atoms with Crippen LogP contribution in [0, 0.1) is 0 Å². The molecule has 0 aromatic heterocycles. The standard InChI is InChI=1S/C13H21NO2/c1-3-13(14)11-6-4-7-12(10-11)16-9-5-8-15-2/h4,6-7,10,13H,3,5,8-9,14H2,1-2H3.